The topological polar surface area (TPSA) is 80.4 Å². The van der Waals surface area contributed by atoms with Crippen molar-refractivity contribution in [1.29, 1.82) is 0 Å². The lowest BCUT2D eigenvalue weighted by Gasteiger charge is -2.25. The minimum absolute atomic E-state index is 0.0880. The number of halogens is 2. The summed E-state index contributed by atoms with van der Waals surface area (Å²) in [6.45, 7) is 0. The van der Waals surface area contributed by atoms with Crippen molar-refractivity contribution >= 4 is 11.9 Å². The van der Waals surface area contributed by atoms with Gasteiger partial charge in [0.1, 0.15) is 11.6 Å². The zero-order valence-electron chi connectivity index (χ0n) is 14.3. The number of carboxylic acids is 1. The van der Waals surface area contributed by atoms with Crippen molar-refractivity contribution < 1.29 is 23.5 Å². The lowest BCUT2D eigenvalue weighted by molar-refractivity contribution is -0.117. The SMILES string of the molecule is Fc1cccc(CC2CCC2)c1.NC(=O)Cc1cccc(F)c1C(=O)O. The first-order valence-corrected chi connectivity index (χ1v) is 8.40. The van der Waals surface area contributed by atoms with Gasteiger partial charge < -0.3 is 10.8 Å². The van der Waals surface area contributed by atoms with Crippen molar-refractivity contribution in [2.45, 2.75) is 32.1 Å². The fraction of sp³-hybridized carbons (Fsp3) is 0.300. The largest absolute Gasteiger partial charge is 0.478 e. The van der Waals surface area contributed by atoms with E-state index in [1.165, 1.54) is 37.5 Å². The van der Waals surface area contributed by atoms with E-state index < -0.39 is 23.3 Å². The molecule has 1 amide bonds. The Hall–Kier alpha value is -2.76. The predicted molar refractivity (Wildman–Crippen MR) is 93.7 cm³/mol. The summed E-state index contributed by atoms with van der Waals surface area (Å²) in [5.74, 6) is -2.24. The monoisotopic (exact) mass is 361 g/mol. The highest BCUT2D eigenvalue weighted by atomic mass is 19.1. The van der Waals surface area contributed by atoms with E-state index in [0.717, 1.165) is 24.0 Å². The Kier molecular flexibility index (Phi) is 6.83. The number of rotatable bonds is 5. The molecule has 6 heteroatoms. The first-order valence-electron chi connectivity index (χ1n) is 8.40. The summed E-state index contributed by atoms with van der Waals surface area (Å²) in [5.41, 5.74) is 5.64. The van der Waals surface area contributed by atoms with Crippen LogP contribution in [0.15, 0.2) is 42.5 Å². The molecule has 2 aromatic carbocycles. The number of carbonyl (C=O) groups excluding carboxylic acids is 1. The Morgan fingerprint density at radius 2 is 1.81 bits per heavy atom. The minimum Gasteiger partial charge on any atom is -0.478 e. The number of hydrogen-bond acceptors (Lipinski definition) is 2. The van der Waals surface area contributed by atoms with Crippen LogP contribution in [-0.4, -0.2) is 17.0 Å². The molecule has 1 fully saturated rings. The normalized spacial score (nSPS) is 13.3. The summed E-state index contributed by atoms with van der Waals surface area (Å²) in [6, 6.07) is 10.7. The van der Waals surface area contributed by atoms with Gasteiger partial charge in [0.05, 0.1) is 12.0 Å². The molecular weight excluding hydrogens is 340 g/mol. The summed E-state index contributed by atoms with van der Waals surface area (Å²) in [4.78, 5) is 21.2. The maximum atomic E-state index is 13.0. The Balaban J connectivity index is 0.000000189. The summed E-state index contributed by atoms with van der Waals surface area (Å²) in [5, 5.41) is 8.67. The summed E-state index contributed by atoms with van der Waals surface area (Å²) in [7, 11) is 0. The molecule has 1 aliphatic rings. The van der Waals surface area contributed by atoms with Crippen molar-refractivity contribution in [2.24, 2.45) is 11.7 Å². The van der Waals surface area contributed by atoms with Gasteiger partial charge in [-0.15, -0.1) is 0 Å². The second kappa shape index (κ2) is 9.08. The van der Waals surface area contributed by atoms with E-state index in [-0.39, 0.29) is 17.8 Å². The molecule has 1 aliphatic carbocycles. The highest BCUT2D eigenvalue weighted by Gasteiger charge is 2.17. The van der Waals surface area contributed by atoms with E-state index in [4.69, 9.17) is 10.8 Å². The van der Waals surface area contributed by atoms with E-state index in [9.17, 15) is 18.4 Å². The number of amides is 1. The van der Waals surface area contributed by atoms with Crippen molar-refractivity contribution in [3.05, 3.63) is 70.8 Å². The lowest BCUT2D eigenvalue weighted by atomic mass is 9.81. The van der Waals surface area contributed by atoms with Crippen LogP contribution < -0.4 is 5.73 Å². The first-order chi connectivity index (χ1) is 12.4. The molecule has 0 radical (unpaired) electrons. The summed E-state index contributed by atoms with van der Waals surface area (Å²) >= 11 is 0. The molecule has 3 N–H and O–H groups in total. The molecule has 1 saturated carbocycles. The zero-order chi connectivity index (χ0) is 19.1. The molecule has 0 bridgehead atoms. The van der Waals surface area contributed by atoms with E-state index in [2.05, 4.69) is 0 Å². The molecule has 2 aromatic rings. The fourth-order valence-corrected chi connectivity index (χ4v) is 2.84. The average molecular weight is 361 g/mol. The number of benzene rings is 2. The van der Waals surface area contributed by atoms with Crippen LogP contribution in [0.4, 0.5) is 8.78 Å². The summed E-state index contributed by atoms with van der Waals surface area (Å²) in [6.07, 6.45) is 4.81. The number of nitrogens with two attached hydrogens (primary N) is 1. The number of aromatic carboxylic acids is 1. The third-order valence-electron chi connectivity index (χ3n) is 4.32. The van der Waals surface area contributed by atoms with E-state index in [1.54, 1.807) is 12.1 Å². The maximum absolute atomic E-state index is 13.0. The molecule has 0 aromatic heterocycles. The van der Waals surface area contributed by atoms with Gasteiger partial charge in [-0.2, -0.15) is 0 Å². The molecule has 0 unspecified atom stereocenters. The second-order valence-corrected chi connectivity index (χ2v) is 6.35. The molecular formula is C20H21F2NO3. The highest BCUT2D eigenvalue weighted by Crippen LogP contribution is 2.29. The van der Waals surface area contributed by atoms with Crippen molar-refractivity contribution in [2.75, 3.05) is 0 Å². The molecule has 4 nitrogen and oxygen atoms in total. The van der Waals surface area contributed by atoms with Gasteiger partial charge in [0.2, 0.25) is 5.91 Å². The molecule has 0 atom stereocenters. The van der Waals surface area contributed by atoms with Crippen LogP contribution in [0.3, 0.4) is 0 Å². The Bertz CT molecular complexity index is 788. The Morgan fingerprint density at radius 3 is 2.35 bits per heavy atom. The van der Waals surface area contributed by atoms with Crippen LogP contribution in [0.25, 0.3) is 0 Å². The van der Waals surface area contributed by atoms with E-state index in [0.29, 0.717) is 0 Å². The molecule has 0 spiro atoms. The van der Waals surface area contributed by atoms with Gasteiger partial charge in [0.15, 0.2) is 0 Å². The van der Waals surface area contributed by atoms with Gasteiger partial charge in [0, 0.05) is 0 Å². The predicted octanol–water partition coefficient (Wildman–Crippen LogP) is 3.72. The standard InChI is InChI=1S/C11H13F.C9H8FNO3/c12-11-6-2-5-10(8-11)7-9-3-1-4-9;10-6-3-1-2-5(4-7(11)12)8(6)9(13)14/h2,5-6,8-9H,1,3-4,7H2;1-3H,4H2,(H2,11,12)(H,13,14). The molecule has 0 saturated heterocycles. The number of hydrogen-bond donors (Lipinski definition) is 2. The van der Waals surface area contributed by atoms with E-state index in [1.807, 2.05) is 6.07 Å². The number of carbonyl (C=O) groups is 2. The summed E-state index contributed by atoms with van der Waals surface area (Å²) < 4.78 is 25.8. The fourth-order valence-electron chi connectivity index (χ4n) is 2.84. The third kappa shape index (κ3) is 5.65. The molecule has 138 valence electrons. The van der Waals surface area contributed by atoms with Crippen LogP contribution in [0.5, 0.6) is 0 Å². The minimum atomic E-state index is -1.40. The maximum Gasteiger partial charge on any atom is 0.338 e. The highest BCUT2D eigenvalue weighted by molar-refractivity contribution is 5.91. The number of primary amides is 1. The van der Waals surface area contributed by atoms with Gasteiger partial charge in [-0.1, -0.05) is 43.5 Å². The molecule has 0 aliphatic heterocycles. The molecule has 0 heterocycles. The van der Waals surface area contributed by atoms with Crippen molar-refractivity contribution in [1.82, 2.24) is 0 Å². The van der Waals surface area contributed by atoms with Crippen LogP contribution in [0.2, 0.25) is 0 Å². The average Bonchev–Trinajstić information content (AvgIpc) is 2.51. The van der Waals surface area contributed by atoms with Gasteiger partial charge in [0.25, 0.3) is 0 Å². The Labute approximate surface area is 150 Å². The van der Waals surface area contributed by atoms with Crippen LogP contribution in [0.1, 0.15) is 40.7 Å². The first kappa shape index (κ1) is 19.6. The smallest absolute Gasteiger partial charge is 0.338 e. The Morgan fingerprint density at radius 1 is 1.12 bits per heavy atom. The van der Waals surface area contributed by atoms with Gasteiger partial charge >= 0.3 is 5.97 Å². The second-order valence-electron chi connectivity index (χ2n) is 6.35. The van der Waals surface area contributed by atoms with E-state index >= 15 is 0 Å². The van der Waals surface area contributed by atoms with Crippen LogP contribution in [0, 0.1) is 17.6 Å². The van der Waals surface area contributed by atoms with Gasteiger partial charge in [-0.3, -0.25) is 4.79 Å². The molecule has 26 heavy (non-hydrogen) atoms. The van der Waals surface area contributed by atoms with Crippen molar-refractivity contribution in [3.63, 3.8) is 0 Å². The van der Waals surface area contributed by atoms with Gasteiger partial charge in [-0.05, 0) is 41.7 Å². The van der Waals surface area contributed by atoms with Crippen LogP contribution >= 0.6 is 0 Å². The lowest BCUT2D eigenvalue weighted by Crippen LogP contribution is -2.17. The third-order valence-corrected chi connectivity index (χ3v) is 4.32. The van der Waals surface area contributed by atoms with Crippen LogP contribution in [-0.2, 0) is 17.6 Å². The zero-order valence-corrected chi connectivity index (χ0v) is 14.3. The number of carboxylic acid groups (broad SMARTS) is 1. The van der Waals surface area contributed by atoms with Crippen molar-refractivity contribution in [3.8, 4) is 0 Å². The quantitative estimate of drug-likeness (QED) is 0.852. The van der Waals surface area contributed by atoms with Gasteiger partial charge in [-0.25, -0.2) is 13.6 Å². The molecule has 3 rings (SSSR count).